The van der Waals surface area contributed by atoms with Gasteiger partial charge in [-0.25, -0.2) is 9.78 Å². The Morgan fingerprint density at radius 3 is 3.07 bits per heavy atom. The van der Waals surface area contributed by atoms with Crippen molar-refractivity contribution in [1.29, 1.82) is 0 Å². The van der Waals surface area contributed by atoms with Gasteiger partial charge in [0.1, 0.15) is 11.4 Å². The Balaban J connectivity index is 2.84. The largest absolute Gasteiger partial charge is 0.464 e. The molecule has 0 atom stereocenters. The van der Waals surface area contributed by atoms with E-state index in [0.29, 0.717) is 5.69 Å². The Labute approximate surface area is 97.0 Å². The molecule has 0 spiro atoms. The number of carbonyl (C=O) groups is 1. The van der Waals surface area contributed by atoms with E-state index in [1.165, 1.54) is 7.11 Å². The highest BCUT2D eigenvalue weighted by molar-refractivity contribution is 9.09. The summed E-state index contributed by atoms with van der Waals surface area (Å²) in [5.74, 6) is 5.34. The first-order valence-electron chi connectivity index (χ1n) is 4.38. The molecule has 0 saturated heterocycles. The van der Waals surface area contributed by atoms with Crippen LogP contribution in [0.2, 0.25) is 0 Å². The third-order valence-corrected chi connectivity index (χ3v) is 1.98. The lowest BCUT2D eigenvalue weighted by molar-refractivity contribution is 0.0594. The van der Waals surface area contributed by atoms with Crippen LogP contribution in [0.25, 0.3) is 0 Å². The summed E-state index contributed by atoms with van der Waals surface area (Å²) in [4.78, 5) is 15.2. The van der Waals surface area contributed by atoms with Crippen LogP contribution in [-0.4, -0.2) is 23.4 Å². The summed E-state index contributed by atoms with van der Waals surface area (Å²) >= 11 is 3.27. The van der Waals surface area contributed by atoms with Gasteiger partial charge in [-0.1, -0.05) is 27.9 Å². The monoisotopic (exact) mass is 267 g/mol. The molecule has 0 fully saturated rings. The first kappa shape index (κ1) is 11.7. The number of ether oxygens (including phenoxy) is 1. The highest BCUT2D eigenvalue weighted by Crippen LogP contribution is 2.00. The second kappa shape index (κ2) is 6.20. The molecule has 4 heteroatoms. The molecular formula is C11H10BrNO2. The van der Waals surface area contributed by atoms with Crippen molar-refractivity contribution in [2.45, 2.75) is 6.42 Å². The first-order valence-corrected chi connectivity index (χ1v) is 5.50. The molecule has 3 nitrogen and oxygen atoms in total. The number of esters is 1. The van der Waals surface area contributed by atoms with Gasteiger partial charge in [0.25, 0.3) is 0 Å². The van der Waals surface area contributed by atoms with Gasteiger partial charge in [-0.3, -0.25) is 0 Å². The van der Waals surface area contributed by atoms with Crippen molar-refractivity contribution >= 4 is 21.9 Å². The number of rotatable bonds is 2. The molecule has 1 aromatic heterocycles. The molecule has 15 heavy (non-hydrogen) atoms. The number of pyridine rings is 1. The maximum absolute atomic E-state index is 11.2. The molecule has 0 saturated carbocycles. The molecule has 1 aromatic rings. The Morgan fingerprint density at radius 2 is 2.40 bits per heavy atom. The average molecular weight is 268 g/mol. The zero-order valence-corrected chi connectivity index (χ0v) is 9.87. The van der Waals surface area contributed by atoms with Crippen LogP contribution in [0.5, 0.6) is 0 Å². The first-order chi connectivity index (χ1) is 7.27. The predicted octanol–water partition coefficient (Wildman–Crippen LogP) is 2.00. The molecule has 0 aliphatic heterocycles. The quantitative estimate of drug-likeness (QED) is 0.468. The van der Waals surface area contributed by atoms with Gasteiger partial charge in [-0.2, -0.15) is 0 Å². The van der Waals surface area contributed by atoms with Gasteiger partial charge in [-0.05, 0) is 18.1 Å². The van der Waals surface area contributed by atoms with Gasteiger partial charge >= 0.3 is 5.97 Å². The van der Waals surface area contributed by atoms with Crippen LogP contribution in [0.3, 0.4) is 0 Å². The minimum absolute atomic E-state index is 0.281. The number of carbonyl (C=O) groups excluding carboxylic acids is 1. The topological polar surface area (TPSA) is 39.2 Å². The van der Waals surface area contributed by atoms with Crippen LogP contribution in [0.1, 0.15) is 22.6 Å². The summed E-state index contributed by atoms with van der Waals surface area (Å²) in [5.41, 5.74) is 0.863. The average Bonchev–Trinajstić information content (AvgIpc) is 2.29. The molecule has 0 amide bonds. The standard InChI is InChI=1S/C11H10BrNO2/c1-15-11(14)10-7-4-6-9(13-10)5-2-3-8-12/h4,6-7H,3,8H2,1H3. The van der Waals surface area contributed by atoms with E-state index in [1.807, 2.05) is 0 Å². The highest BCUT2D eigenvalue weighted by Gasteiger charge is 2.05. The van der Waals surface area contributed by atoms with Crippen LogP contribution in [-0.2, 0) is 4.74 Å². The molecule has 0 N–H and O–H groups in total. The minimum Gasteiger partial charge on any atom is -0.464 e. The molecule has 0 aliphatic carbocycles. The Bertz CT molecular complexity index is 407. The van der Waals surface area contributed by atoms with E-state index in [0.717, 1.165) is 11.8 Å². The second-order valence-electron chi connectivity index (χ2n) is 2.64. The van der Waals surface area contributed by atoms with Gasteiger partial charge in [0, 0.05) is 11.8 Å². The zero-order chi connectivity index (χ0) is 11.1. The van der Waals surface area contributed by atoms with Gasteiger partial charge < -0.3 is 4.74 Å². The summed E-state index contributed by atoms with van der Waals surface area (Å²) in [7, 11) is 1.33. The van der Waals surface area contributed by atoms with E-state index in [4.69, 9.17) is 0 Å². The van der Waals surface area contributed by atoms with Gasteiger partial charge in [-0.15, -0.1) is 0 Å². The number of nitrogens with zero attached hydrogens (tertiary/aromatic N) is 1. The van der Waals surface area contributed by atoms with E-state index in [-0.39, 0.29) is 5.69 Å². The van der Waals surface area contributed by atoms with E-state index >= 15 is 0 Å². The smallest absolute Gasteiger partial charge is 0.356 e. The van der Waals surface area contributed by atoms with E-state index in [1.54, 1.807) is 18.2 Å². The summed E-state index contributed by atoms with van der Waals surface area (Å²) in [6.45, 7) is 0. The summed E-state index contributed by atoms with van der Waals surface area (Å²) in [6, 6.07) is 5.09. The summed E-state index contributed by atoms with van der Waals surface area (Å²) in [6.07, 6.45) is 0.754. The number of halogens is 1. The Hall–Kier alpha value is -1.34. The molecule has 0 radical (unpaired) electrons. The molecule has 0 bridgehead atoms. The summed E-state index contributed by atoms with van der Waals surface area (Å²) < 4.78 is 4.56. The number of hydrogen-bond donors (Lipinski definition) is 0. The SMILES string of the molecule is COC(=O)c1cccc(C#CCCBr)n1. The zero-order valence-electron chi connectivity index (χ0n) is 8.29. The molecule has 1 heterocycles. The van der Waals surface area contributed by atoms with Crippen LogP contribution in [0.15, 0.2) is 18.2 Å². The number of hydrogen-bond acceptors (Lipinski definition) is 3. The number of aromatic nitrogens is 1. The lowest BCUT2D eigenvalue weighted by Gasteiger charge is -1.97. The maximum Gasteiger partial charge on any atom is 0.356 e. The third-order valence-electron chi connectivity index (χ3n) is 1.58. The Kier molecular flexibility index (Phi) is 4.85. The van der Waals surface area contributed by atoms with Crippen LogP contribution >= 0.6 is 15.9 Å². The van der Waals surface area contributed by atoms with Crippen LogP contribution < -0.4 is 0 Å². The van der Waals surface area contributed by atoms with Crippen molar-refractivity contribution in [3.8, 4) is 11.8 Å². The lowest BCUT2D eigenvalue weighted by atomic mass is 10.3. The fraction of sp³-hybridized carbons (Fsp3) is 0.273. The van der Waals surface area contributed by atoms with Crippen LogP contribution in [0.4, 0.5) is 0 Å². The highest BCUT2D eigenvalue weighted by atomic mass is 79.9. The number of alkyl halides is 1. The van der Waals surface area contributed by atoms with Crippen molar-refractivity contribution in [3.05, 3.63) is 29.6 Å². The fourth-order valence-corrected chi connectivity index (χ4v) is 1.12. The predicted molar refractivity (Wildman–Crippen MR) is 60.9 cm³/mol. The molecule has 0 unspecified atom stereocenters. The second-order valence-corrected chi connectivity index (χ2v) is 3.43. The molecule has 0 aromatic carbocycles. The maximum atomic E-state index is 11.2. The molecule has 1 rings (SSSR count). The molecule has 78 valence electrons. The van der Waals surface area contributed by atoms with Gasteiger partial charge in [0.05, 0.1) is 7.11 Å². The van der Waals surface area contributed by atoms with E-state index in [2.05, 4.69) is 37.5 Å². The van der Waals surface area contributed by atoms with Gasteiger partial charge in [0.15, 0.2) is 0 Å². The van der Waals surface area contributed by atoms with E-state index < -0.39 is 5.97 Å². The fourth-order valence-electron chi connectivity index (χ4n) is 0.923. The van der Waals surface area contributed by atoms with E-state index in [9.17, 15) is 4.79 Å². The van der Waals surface area contributed by atoms with Crippen LogP contribution in [0, 0.1) is 11.8 Å². The van der Waals surface area contributed by atoms with Crippen molar-refractivity contribution < 1.29 is 9.53 Å². The van der Waals surface area contributed by atoms with Crippen molar-refractivity contribution in [3.63, 3.8) is 0 Å². The minimum atomic E-state index is -0.445. The van der Waals surface area contributed by atoms with Crippen molar-refractivity contribution in [2.24, 2.45) is 0 Å². The normalized spacial score (nSPS) is 8.93. The summed E-state index contributed by atoms with van der Waals surface area (Å²) in [5, 5.41) is 0.830. The Morgan fingerprint density at radius 1 is 1.60 bits per heavy atom. The lowest BCUT2D eigenvalue weighted by Crippen LogP contribution is -2.04. The van der Waals surface area contributed by atoms with Crippen molar-refractivity contribution in [1.82, 2.24) is 4.98 Å². The molecule has 0 aliphatic rings. The van der Waals surface area contributed by atoms with Gasteiger partial charge in [0.2, 0.25) is 0 Å². The number of methoxy groups -OCH3 is 1. The third kappa shape index (κ3) is 3.72. The van der Waals surface area contributed by atoms with Crippen molar-refractivity contribution in [2.75, 3.05) is 12.4 Å². The molecular weight excluding hydrogens is 258 g/mol.